The monoisotopic (exact) mass is 301 g/mol. The minimum absolute atomic E-state index is 0.0428. The Labute approximate surface area is 133 Å². The highest BCUT2D eigenvalue weighted by molar-refractivity contribution is 6.07. The zero-order valence-electron chi connectivity index (χ0n) is 13.0. The van der Waals surface area contributed by atoms with Crippen LogP contribution in [0.5, 0.6) is 0 Å². The van der Waals surface area contributed by atoms with Crippen molar-refractivity contribution in [2.75, 3.05) is 0 Å². The fourth-order valence-electron chi connectivity index (χ4n) is 2.99. The Morgan fingerprint density at radius 2 is 1.78 bits per heavy atom. The van der Waals surface area contributed by atoms with Crippen LogP contribution in [0.3, 0.4) is 0 Å². The van der Waals surface area contributed by atoms with E-state index in [0.717, 1.165) is 10.8 Å². The third-order valence-electron chi connectivity index (χ3n) is 4.42. The van der Waals surface area contributed by atoms with Gasteiger partial charge in [0.1, 0.15) is 11.8 Å². The summed E-state index contributed by atoms with van der Waals surface area (Å²) in [4.78, 5) is 17.3. The van der Waals surface area contributed by atoms with Gasteiger partial charge in [0.2, 0.25) is 5.43 Å². The highest BCUT2D eigenvalue weighted by atomic mass is 16.3. The Hall–Kier alpha value is -2.94. The summed E-state index contributed by atoms with van der Waals surface area (Å²) in [5.74, 6) is 0. The summed E-state index contributed by atoms with van der Waals surface area (Å²) in [6, 6.07) is 13.4. The summed E-state index contributed by atoms with van der Waals surface area (Å²) in [6.07, 6.45) is 3.18. The second kappa shape index (κ2) is 5.06. The quantitative estimate of drug-likeness (QED) is 0.482. The lowest BCUT2D eigenvalue weighted by atomic mass is 9.97. The van der Waals surface area contributed by atoms with Crippen molar-refractivity contribution in [3.05, 3.63) is 76.3 Å². The first kappa shape index (κ1) is 13.7. The molecule has 0 amide bonds. The molecule has 0 fully saturated rings. The molecule has 0 bridgehead atoms. The van der Waals surface area contributed by atoms with Crippen molar-refractivity contribution < 1.29 is 4.42 Å². The molecule has 0 aliphatic heterocycles. The molecule has 0 saturated heterocycles. The maximum Gasteiger partial charge on any atom is 0.202 e. The summed E-state index contributed by atoms with van der Waals surface area (Å²) < 4.78 is 5.72. The lowest BCUT2D eigenvalue weighted by Gasteiger charge is -2.09. The average Bonchev–Trinajstić information content (AvgIpc) is 2.59. The minimum atomic E-state index is -0.0428. The van der Waals surface area contributed by atoms with E-state index in [9.17, 15) is 4.79 Å². The molecule has 2 aromatic heterocycles. The topological polar surface area (TPSA) is 43.1 Å². The molecule has 4 aromatic rings. The van der Waals surface area contributed by atoms with Crippen LogP contribution in [0.2, 0.25) is 0 Å². The van der Waals surface area contributed by atoms with Gasteiger partial charge in [-0.05, 0) is 53.9 Å². The van der Waals surface area contributed by atoms with E-state index < -0.39 is 0 Å². The second-order valence-electron chi connectivity index (χ2n) is 5.73. The Balaban J connectivity index is 2.16. The van der Waals surface area contributed by atoms with Gasteiger partial charge in [-0.15, -0.1) is 0 Å². The largest absolute Gasteiger partial charge is 0.463 e. The maximum absolute atomic E-state index is 13.0. The van der Waals surface area contributed by atoms with E-state index in [1.165, 1.54) is 17.4 Å². The van der Waals surface area contributed by atoms with Gasteiger partial charge in [-0.2, -0.15) is 0 Å². The SMILES string of the molecule is Cc1ccc2c(ccc3occ(-c4ccccn4)c(=O)c32)c1C. The van der Waals surface area contributed by atoms with Gasteiger partial charge in [0.25, 0.3) is 0 Å². The maximum atomic E-state index is 13.0. The van der Waals surface area contributed by atoms with Crippen LogP contribution in [0, 0.1) is 13.8 Å². The Morgan fingerprint density at radius 3 is 2.57 bits per heavy atom. The highest BCUT2D eigenvalue weighted by Crippen LogP contribution is 2.28. The molecule has 112 valence electrons. The zero-order valence-corrected chi connectivity index (χ0v) is 13.0. The molecule has 2 heterocycles. The van der Waals surface area contributed by atoms with Crippen LogP contribution in [-0.2, 0) is 0 Å². The van der Waals surface area contributed by atoms with Gasteiger partial charge in [-0.25, -0.2) is 0 Å². The second-order valence-corrected chi connectivity index (χ2v) is 5.73. The molecular formula is C20H15NO2. The minimum Gasteiger partial charge on any atom is -0.463 e. The molecule has 3 heteroatoms. The van der Waals surface area contributed by atoms with E-state index in [1.807, 2.05) is 42.5 Å². The number of pyridine rings is 1. The summed E-state index contributed by atoms with van der Waals surface area (Å²) in [5.41, 5.74) is 4.08. The van der Waals surface area contributed by atoms with Crippen molar-refractivity contribution in [3.8, 4) is 11.3 Å². The smallest absolute Gasteiger partial charge is 0.202 e. The number of fused-ring (bicyclic) bond motifs is 3. The van der Waals surface area contributed by atoms with E-state index >= 15 is 0 Å². The highest BCUT2D eigenvalue weighted by Gasteiger charge is 2.13. The Morgan fingerprint density at radius 1 is 0.957 bits per heavy atom. The van der Waals surface area contributed by atoms with E-state index in [4.69, 9.17) is 4.42 Å². The van der Waals surface area contributed by atoms with Crippen molar-refractivity contribution in [2.45, 2.75) is 13.8 Å². The van der Waals surface area contributed by atoms with Crippen molar-refractivity contribution in [2.24, 2.45) is 0 Å². The normalized spacial score (nSPS) is 11.2. The fraction of sp³-hybridized carbons (Fsp3) is 0.100. The Bertz CT molecular complexity index is 1100. The fourth-order valence-corrected chi connectivity index (χ4v) is 2.99. The zero-order chi connectivity index (χ0) is 16.0. The van der Waals surface area contributed by atoms with Crippen LogP contribution in [0.15, 0.2) is 64.1 Å². The number of aryl methyl sites for hydroxylation is 2. The molecule has 4 rings (SSSR count). The molecule has 0 spiro atoms. The van der Waals surface area contributed by atoms with Crippen LogP contribution < -0.4 is 5.43 Å². The van der Waals surface area contributed by atoms with Crippen LogP contribution in [0.4, 0.5) is 0 Å². The summed E-state index contributed by atoms with van der Waals surface area (Å²) in [5, 5.41) is 2.63. The molecule has 0 aliphatic carbocycles. The first-order chi connectivity index (χ1) is 11.2. The van der Waals surface area contributed by atoms with Crippen molar-refractivity contribution in [1.82, 2.24) is 4.98 Å². The lowest BCUT2D eigenvalue weighted by Crippen LogP contribution is -2.06. The number of hydrogen-bond donors (Lipinski definition) is 0. The third kappa shape index (κ3) is 2.05. The molecule has 0 aliphatic rings. The number of nitrogens with zero attached hydrogens (tertiary/aromatic N) is 1. The van der Waals surface area contributed by atoms with Gasteiger partial charge in [-0.1, -0.05) is 24.3 Å². The van der Waals surface area contributed by atoms with E-state index in [0.29, 0.717) is 22.2 Å². The van der Waals surface area contributed by atoms with Crippen LogP contribution in [0.25, 0.3) is 33.0 Å². The standard InChI is InChI=1S/C20H15NO2/c1-12-6-7-15-14(13(12)2)8-9-18-19(15)20(22)16(11-23-18)17-5-3-4-10-21-17/h3-11H,1-2H3. The molecular weight excluding hydrogens is 286 g/mol. The van der Waals surface area contributed by atoms with Gasteiger partial charge in [-0.3, -0.25) is 9.78 Å². The lowest BCUT2D eigenvalue weighted by molar-refractivity contribution is 0.605. The van der Waals surface area contributed by atoms with E-state index in [-0.39, 0.29) is 5.43 Å². The van der Waals surface area contributed by atoms with E-state index in [1.54, 1.807) is 6.20 Å². The van der Waals surface area contributed by atoms with Crippen molar-refractivity contribution in [1.29, 1.82) is 0 Å². The molecule has 0 atom stereocenters. The Kier molecular flexibility index (Phi) is 3.01. The van der Waals surface area contributed by atoms with Crippen LogP contribution >= 0.6 is 0 Å². The number of rotatable bonds is 1. The van der Waals surface area contributed by atoms with Gasteiger partial charge in [0, 0.05) is 6.20 Å². The van der Waals surface area contributed by atoms with E-state index in [2.05, 4.69) is 18.8 Å². The van der Waals surface area contributed by atoms with Gasteiger partial charge in [0.05, 0.1) is 16.6 Å². The predicted molar refractivity (Wildman–Crippen MR) is 92.7 cm³/mol. The van der Waals surface area contributed by atoms with Gasteiger partial charge in [0.15, 0.2) is 0 Å². The van der Waals surface area contributed by atoms with Gasteiger partial charge < -0.3 is 4.42 Å². The molecule has 0 radical (unpaired) electrons. The molecule has 0 unspecified atom stereocenters. The number of benzene rings is 2. The number of hydrogen-bond acceptors (Lipinski definition) is 3. The predicted octanol–water partition coefficient (Wildman–Crippen LogP) is 4.63. The number of aromatic nitrogens is 1. The molecule has 23 heavy (non-hydrogen) atoms. The van der Waals surface area contributed by atoms with Crippen LogP contribution in [0.1, 0.15) is 11.1 Å². The molecule has 0 N–H and O–H groups in total. The van der Waals surface area contributed by atoms with Crippen molar-refractivity contribution in [3.63, 3.8) is 0 Å². The third-order valence-corrected chi connectivity index (χ3v) is 4.42. The van der Waals surface area contributed by atoms with Crippen LogP contribution in [-0.4, -0.2) is 4.98 Å². The first-order valence-corrected chi connectivity index (χ1v) is 7.52. The first-order valence-electron chi connectivity index (χ1n) is 7.52. The summed E-state index contributed by atoms with van der Waals surface area (Å²) >= 11 is 0. The van der Waals surface area contributed by atoms with Crippen molar-refractivity contribution >= 4 is 21.7 Å². The van der Waals surface area contributed by atoms with Gasteiger partial charge >= 0.3 is 0 Å². The summed E-state index contributed by atoms with van der Waals surface area (Å²) in [7, 11) is 0. The molecule has 2 aromatic carbocycles. The molecule has 0 saturated carbocycles. The average molecular weight is 301 g/mol. The summed E-state index contributed by atoms with van der Waals surface area (Å²) in [6.45, 7) is 4.15. The molecule has 3 nitrogen and oxygen atoms in total.